The first-order valence-corrected chi connectivity index (χ1v) is 8.74. The van der Waals surface area contributed by atoms with E-state index in [4.69, 9.17) is 0 Å². The summed E-state index contributed by atoms with van der Waals surface area (Å²) < 4.78 is 2.08. The van der Waals surface area contributed by atoms with Gasteiger partial charge >= 0.3 is 5.69 Å². The highest BCUT2D eigenvalue weighted by Crippen LogP contribution is 2.19. The van der Waals surface area contributed by atoms with Crippen molar-refractivity contribution in [2.75, 3.05) is 0 Å². The molecule has 142 valence electrons. The van der Waals surface area contributed by atoms with Gasteiger partial charge in [-0.2, -0.15) is 0 Å². The Kier molecular flexibility index (Phi) is 4.26. The molecule has 1 N–H and O–H groups in total. The molecule has 1 fully saturated rings. The highest BCUT2D eigenvalue weighted by molar-refractivity contribution is 5.82. The molecule has 1 heterocycles. The van der Waals surface area contributed by atoms with Gasteiger partial charge in [0.1, 0.15) is 6.54 Å². The van der Waals surface area contributed by atoms with Crippen molar-refractivity contribution < 1.29 is 9.72 Å². The molecule has 9 heteroatoms. The lowest BCUT2D eigenvalue weighted by molar-refractivity contribution is -0.384. The van der Waals surface area contributed by atoms with Gasteiger partial charge in [-0.15, -0.1) is 0 Å². The Morgan fingerprint density at radius 1 is 1.14 bits per heavy atom. The number of carbonyl (C=O) groups excluding carboxylic acids is 1. The summed E-state index contributed by atoms with van der Waals surface area (Å²) >= 11 is 0. The summed E-state index contributed by atoms with van der Waals surface area (Å²) in [6, 6.07) is 11.9. The molecule has 1 saturated carbocycles. The third-order valence-corrected chi connectivity index (χ3v) is 4.59. The molecule has 0 atom stereocenters. The van der Waals surface area contributed by atoms with Crippen LogP contribution in [0.5, 0.6) is 0 Å². The van der Waals surface area contributed by atoms with E-state index in [1.807, 2.05) is 0 Å². The van der Waals surface area contributed by atoms with Gasteiger partial charge in [-0.05, 0) is 31.0 Å². The number of para-hydroxylation sites is 1. The molecule has 2 aromatic carbocycles. The molecule has 0 unspecified atom stereocenters. The number of nitrogens with one attached hydrogen (secondary N) is 1. The van der Waals surface area contributed by atoms with Crippen molar-refractivity contribution in [2.45, 2.75) is 25.4 Å². The minimum absolute atomic E-state index is 0.0753. The zero-order valence-corrected chi connectivity index (χ0v) is 14.7. The summed E-state index contributed by atoms with van der Waals surface area (Å²) in [5.74, 6) is -0.320. The lowest BCUT2D eigenvalue weighted by Crippen LogP contribution is -2.42. The average molecular weight is 380 g/mol. The standard InChI is InChI=1S/C19H16N4O5/c24-17(20-12-8-9-12)11-21-16-7-2-1-6-15(16)18(25)22(19(21)26)13-4-3-5-14(10-13)23(27)28/h1-7,10,12H,8-9,11H2,(H,20,24). The molecule has 1 aliphatic rings. The van der Waals surface area contributed by atoms with Crippen LogP contribution in [-0.2, 0) is 11.3 Å². The van der Waals surface area contributed by atoms with Crippen molar-refractivity contribution in [3.8, 4) is 5.69 Å². The van der Waals surface area contributed by atoms with E-state index in [0.29, 0.717) is 5.52 Å². The fraction of sp³-hybridized carbons (Fsp3) is 0.211. The number of fused-ring (bicyclic) bond motifs is 1. The van der Waals surface area contributed by atoms with E-state index in [1.165, 1.54) is 22.8 Å². The number of hydrogen-bond acceptors (Lipinski definition) is 5. The quantitative estimate of drug-likeness (QED) is 0.530. The van der Waals surface area contributed by atoms with Crippen molar-refractivity contribution in [3.05, 3.63) is 79.5 Å². The van der Waals surface area contributed by atoms with Crippen molar-refractivity contribution >= 4 is 22.5 Å². The predicted octanol–water partition coefficient (Wildman–Crippen LogP) is 1.34. The van der Waals surface area contributed by atoms with E-state index in [1.54, 1.807) is 24.3 Å². The predicted molar refractivity (Wildman–Crippen MR) is 102 cm³/mol. The highest BCUT2D eigenvalue weighted by atomic mass is 16.6. The number of nitrogens with zero attached hydrogens (tertiary/aromatic N) is 3. The number of rotatable bonds is 5. The van der Waals surface area contributed by atoms with Crippen LogP contribution in [0.3, 0.4) is 0 Å². The molecule has 9 nitrogen and oxygen atoms in total. The first-order chi connectivity index (χ1) is 13.5. The van der Waals surface area contributed by atoms with Crippen LogP contribution in [0.25, 0.3) is 16.6 Å². The molecule has 0 aliphatic heterocycles. The summed E-state index contributed by atoms with van der Waals surface area (Å²) in [5, 5.41) is 14.1. The second-order valence-electron chi connectivity index (χ2n) is 6.65. The normalized spacial score (nSPS) is 13.4. The van der Waals surface area contributed by atoms with E-state index in [2.05, 4.69) is 5.32 Å². The van der Waals surface area contributed by atoms with Crippen molar-refractivity contribution in [3.63, 3.8) is 0 Å². The van der Waals surface area contributed by atoms with E-state index < -0.39 is 16.2 Å². The average Bonchev–Trinajstić information content (AvgIpc) is 3.49. The minimum Gasteiger partial charge on any atom is -0.352 e. The molecular formula is C19H16N4O5. The molecule has 0 bridgehead atoms. The fourth-order valence-electron chi connectivity index (χ4n) is 3.09. The Hall–Kier alpha value is -3.75. The molecule has 0 saturated heterocycles. The van der Waals surface area contributed by atoms with Crippen LogP contribution in [0.1, 0.15) is 12.8 Å². The van der Waals surface area contributed by atoms with Crippen LogP contribution in [0.4, 0.5) is 5.69 Å². The van der Waals surface area contributed by atoms with Gasteiger partial charge in [0.2, 0.25) is 5.91 Å². The molecule has 1 aromatic heterocycles. The number of aromatic nitrogens is 2. The van der Waals surface area contributed by atoms with Crippen LogP contribution in [0, 0.1) is 10.1 Å². The van der Waals surface area contributed by atoms with Gasteiger partial charge in [0, 0.05) is 18.2 Å². The summed E-state index contributed by atoms with van der Waals surface area (Å²) in [7, 11) is 0. The third kappa shape index (κ3) is 3.18. The first-order valence-electron chi connectivity index (χ1n) is 8.74. The van der Waals surface area contributed by atoms with E-state index >= 15 is 0 Å². The van der Waals surface area contributed by atoms with Crippen LogP contribution in [-0.4, -0.2) is 26.0 Å². The first kappa shape index (κ1) is 17.7. The maximum Gasteiger partial charge on any atom is 0.336 e. The molecule has 28 heavy (non-hydrogen) atoms. The SMILES string of the molecule is O=C(Cn1c(=O)n(-c2cccc([N+](=O)[O-])c2)c(=O)c2ccccc21)NC1CC1. The number of benzene rings is 2. The summed E-state index contributed by atoms with van der Waals surface area (Å²) in [4.78, 5) is 48.8. The Bertz CT molecular complexity index is 1220. The maximum atomic E-state index is 13.1. The van der Waals surface area contributed by atoms with Crippen LogP contribution >= 0.6 is 0 Å². The van der Waals surface area contributed by atoms with Gasteiger partial charge in [-0.3, -0.25) is 24.3 Å². The maximum absolute atomic E-state index is 13.1. The number of non-ortho nitro benzene ring substituents is 1. The molecular weight excluding hydrogens is 364 g/mol. The van der Waals surface area contributed by atoms with Gasteiger partial charge in [0.05, 0.1) is 21.5 Å². The molecule has 4 rings (SSSR count). The molecule has 1 amide bonds. The van der Waals surface area contributed by atoms with Crippen LogP contribution in [0.2, 0.25) is 0 Å². The molecule has 1 aliphatic carbocycles. The van der Waals surface area contributed by atoms with E-state index in [0.717, 1.165) is 23.5 Å². The molecule has 0 radical (unpaired) electrons. The van der Waals surface area contributed by atoms with Gasteiger partial charge in [-0.25, -0.2) is 9.36 Å². The molecule has 0 spiro atoms. The van der Waals surface area contributed by atoms with Gasteiger partial charge < -0.3 is 5.32 Å². The Morgan fingerprint density at radius 2 is 1.89 bits per heavy atom. The highest BCUT2D eigenvalue weighted by Gasteiger charge is 2.24. The Labute approximate surface area is 158 Å². The van der Waals surface area contributed by atoms with Gasteiger partial charge in [0.15, 0.2) is 0 Å². The van der Waals surface area contributed by atoms with E-state index in [9.17, 15) is 24.5 Å². The van der Waals surface area contributed by atoms with Gasteiger partial charge in [-0.1, -0.05) is 18.2 Å². The van der Waals surface area contributed by atoms with Crippen LogP contribution in [0.15, 0.2) is 58.1 Å². The van der Waals surface area contributed by atoms with Crippen molar-refractivity contribution in [1.29, 1.82) is 0 Å². The number of nitro benzene ring substituents is 1. The summed E-state index contributed by atoms with van der Waals surface area (Å²) in [6.45, 7) is -0.245. The van der Waals surface area contributed by atoms with Crippen molar-refractivity contribution in [2.24, 2.45) is 0 Å². The summed E-state index contributed by atoms with van der Waals surface area (Å²) in [5.41, 5.74) is -1.15. The van der Waals surface area contributed by atoms with Crippen LogP contribution < -0.4 is 16.6 Å². The van der Waals surface area contributed by atoms with E-state index in [-0.39, 0.29) is 35.3 Å². The Balaban J connectivity index is 1.93. The van der Waals surface area contributed by atoms with Gasteiger partial charge in [0.25, 0.3) is 11.2 Å². The smallest absolute Gasteiger partial charge is 0.336 e. The second-order valence-corrected chi connectivity index (χ2v) is 6.65. The zero-order valence-electron chi connectivity index (χ0n) is 14.7. The second kappa shape index (κ2) is 6.76. The Morgan fingerprint density at radius 3 is 2.61 bits per heavy atom. The monoisotopic (exact) mass is 380 g/mol. The number of hydrogen-bond donors (Lipinski definition) is 1. The largest absolute Gasteiger partial charge is 0.352 e. The lowest BCUT2D eigenvalue weighted by atomic mass is 10.2. The number of nitro groups is 1. The number of carbonyl (C=O) groups is 1. The minimum atomic E-state index is -0.727. The van der Waals surface area contributed by atoms with Crippen molar-refractivity contribution in [1.82, 2.24) is 14.5 Å². The topological polar surface area (TPSA) is 116 Å². The number of amides is 1. The summed E-state index contributed by atoms with van der Waals surface area (Å²) in [6.07, 6.45) is 1.82. The zero-order chi connectivity index (χ0) is 19.8. The third-order valence-electron chi connectivity index (χ3n) is 4.59. The fourth-order valence-corrected chi connectivity index (χ4v) is 3.09. The molecule has 3 aromatic rings. The lowest BCUT2D eigenvalue weighted by Gasteiger charge is -2.14.